The van der Waals surface area contributed by atoms with Crippen molar-refractivity contribution in [1.82, 2.24) is 5.32 Å². The second kappa shape index (κ2) is 3.29. The monoisotopic (exact) mass is 177 g/mol. The van der Waals surface area contributed by atoms with E-state index in [1.165, 1.54) is 0 Å². The molecular weight excluding hydrogens is 162 g/mol. The molecule has 2 aliphatic rings. The van der Waals surface area contributed by atoms with Crippen LogP contribution in [0.25, 0.3) is 0 Å². The van der Waals surface area contributed by atoms with Crippen molar-refractivity contribution in [1.29, 1.82) is 0 Å². The van der Waals surface area contributed by atoms with E-state index in [-0.39, 0.29) is 0 Å². The molecule has 1 atom stereocenters. The van der Waals surface area contributed by atoms with E-state index >= 15 is 0 Å². The summed E-state index contributed by atoms with van der Waals surface area (Å²) in [4.78, 5) is 0. The van der Waals surface area contributed by atoms with Crippen LogP contribution in [0, 0.1) is 11.8 Å². The largest absolute Gasteiger partial charge is 0.471 e. The molecule has 13 heavy (non-hydrogen) atoms. The van der Waals surface area contributed by atoms with E-state index in [2.05, 4.69) is 43.5 Å². The van der Waals surface area contributed by atoms with E-state index in [4.69, 9.17) is 4.74 Å². The molecule has 0 radical (unpaired) electrons. The lowest BCUT2D eigenvalue weighted by Crippen LogP contribution is -2.07. The Balaban J connectivity index is 2.19. The van der Waals surface area contributed by atoms with Gasteiger partial charge < -0.3 is 10.1 Å². The van der Waals surface area contributed by atoms with E-state index in [1.54, 1.807) is 0 Å². The maximum atomic E-state index is 5.40. The van der Waals surface area contributed by atoms with E-state index in [0.29, 0.717) is 18.6 Å². The van der Waals surface area contributed by atoms with Crippen molar-refractivity contribution in [3.63, 3.8) is 0 Å². The fourth-order valence-electron chi connectivity index (χ4n) is 1.55. The summed E-state index contributed by atoms with van der Waals surface area (Å²) in [7, 11) is 0. The molecule has 1 N–H and O–H groups in total. The number of hydrogen-bond donors (Lipinski definition) is 1. The Labute approximate surface area is 79.0 Å². The van der Waals surface area contributed by atoms with Crippen LogP contribution in [-0.4, -0.2) is 6.73 Å². The first kappa shape index (κ1) is 8.42. The van der Waals surface area contributed by atoms with Crippen LogP contribution in [0.4, 0.5) is 0 Å². The molecule has 1 unspecified atom stereocenters. The molecule has 0 amide bonds. The van der Waals surface area contributed by atoms with Gasteiger partial charge in [0.05, 0.1) is 5.70 Å². The molecule has 1 heterocycles. The molecule has 0 saturated carbocycles. The summed E-state index contributed by atoms with van der Waals surface area (Å²) in [5.41, 5.74) is 1.11. The van der Waals surface area contributed by atoms with Gasteiger partial charge in [0.15, 0.2) is 6.73 Å². The third-order valence-corrected chi connectivity index (χ3v) is 2.48. The fraction of sp³-hybridized carbons (Fsp3) is 0.455. The van der Waals surface area contributed by atoms with Crippen LogP contribution in [0.15, 0.2) is 35.8 Å². The van der Waals surface area contributed by atoms with Gasteiger partial charge in [-0.3, -0.25) is 0 Å². The van der Waals surface area contributed by atoms with Crippen LogP contribution in [0.5, 0.6) is 0 Å². The summed E-state index contributed by atoms with van der Waals surface area (Å²) in [6.07, 6.45) is 8.62. The van der Waals surface area contributed by atoms with Crippen LogP contribution in [-0.2, 0) is 4.74 Å². The quantitative estimate of drug-likeness (QED) is 0.662. The highest BCUT2D eigenvalue weighted by atomic mass is 16.5. The molecule has 1 aliphatic carbocycles. The highest BCUT2D eigenvalue weighted by Gasteiger charge is 2.15. The molecule has 2 nitrogen and oxygen atoms in total. The second-order valence-electron chi connectivity index (χ2n) is 3.78. The van der Waals surface area contributed by atoms with Crippen molar-refractivity contribution < 1.29 is 4.74 Å². The van der Waals surface area contributed by atoms with Crippen molar-refractivity contribution >= 4 is 0 Å². The number of nitrogens with one attached hydrogen (secondary N) is 1. The first-order valence-corrected chi connectivity index (χ1v) is 4.75. The van der Waals surface area contributed by atoms with Gasteiger partial charge in [-0.05, 0) is 24.0 Å². The summed E-state index contributed by atoms with van der Waals surface area (Å²) in [6, 6.07) is 0. The van der Waals surface area contributed by atoms with Crippen LogP contribution < -0.4 is 5.32 Å². The Morgan fingerprint density at radius 1 is 1.38 bits per heavy atom. The van der Waals surface area contributed by atoms with Gasteiger partial charge in [-0.1, -0.05) is 26.0 Å². The average molecular weight is 177 g/mol. The lowest BCUT2D eigenvalue weighted by molar-refractivity contribution is 0.244. The van der Waals surface area contributed by atoms with Crippen molar-refractivity contribution in [2.45, 2.75) is 13.8 Å². The first-order chi connectivity index (χ1) is 6.27. The Kier molecular flexibility index (Phi) is 2.13. The van der Waals surface area contributed by atoms with Gasteiger partial charge in [-0.15, -0.1) is 0 Å². The minimum absolute atomic E-state index is 0.524. The zero-order valence-corrected chi connectivity index (χ0v) is 8.08. The van der Waals surface area contributed by atoms with Crippen LogP contribution in [0.3, 0.4) is 0 Å². The minimum atomic E-state index is 0.524. The lowest BCUT2D eigenvalue weighted by Gasteiger charge is -2.10. The molecule has 2 rings (SSSR count). The highest BCUT2D eigenvalue weighted by molar-refractivity contribution is 5.34. The van der Waals surface area contributed by atoms with E-state index in [9.17, 15) is 0 Å². The van der Waals surface area contributed by atoms with Crippen molar-refractivity contribution in [2.24, 2.45) is 11.8 Å². The smallest absolute Gasteiger partial charge is 0.159 e. The molecular formula is C11H15NO. The zero-order valence-electron chi connectivity index (χ0n) is 8.08. The molecule has 0 aromatic carbocycles. The van der Waals surface area contributed by atoms with Gasteiger partial charge in [0.1, 0.15) is 5.76 Å². The topological polar surface area (TPSA) is 21.3 Å². The molecule has 0 spiro atoms. The summed E-state index contributed by atoms with van der Waals surface area (Å²) in [5.74, 6) is 2.14. The maximum Gasteiger partial charge on any atom is 0.159 e. The molecule has 0 aromatic rings. The molecule has 0 saturated heterocycles. The SMILES string of the molecule is CC(C)C1C=CC2=C(C=C1)OCN2. The average Bonchev–Trinajstić information content (AvgIpc) is 2.44. The van der Waals surface area contributed by atoms with Crippen LogP contribution in [0.1, 0.15) is 13.8 Å². The predicted octanol–water partition coefficient (Wildman–Crippen LogP) is 2.17. The number of allylic oxidation sites excluding steroid dienone is 4. The molecule has 0 fully saturated rings. The van der Waals surface area contributed by atoms with Crippen LogP contribution in [0.2, 0.25) is 0 Å². The zero-order chi connectivity index (χ0) is 9.26. The normalized spacial score (nSPS) is 25.6. The summed E-state index contributed by atoms with van der Waals surface area (Å²) in [6.45, 7) is 5.06. The first-order valence-electron chi connectivity index (χ1n) is 4.75. The molecule has 0 bridgehead atoms. The summed E-state index contributed by atoms with van der Waals surface area (Å²) in [5, 5.41) is 3.18. The maximum absolute atomic E-state index is 5.40. The molecule has 70 valence electrons. The number of ether oxygens (including phenoxy) is 1. The number of hydrogen-bond acceptors (Lipinski definition) is 2. The standard InChI is InChI=1S/C11H15NO/c1-8(2)9-3-5-10-11(6-4-9)13-7-12-10/h3-6,8-9,12H,7H2,1-2H3. The van der Waals surface area contributed by atoms with Gasteiger partial charge in [-0.2, -0.15) is 0 Å². The third kappa shape index (κ3) is 1.62. The lowest BCUT2D eigenvalue weighted by atomic mass is 9.95. The highest BCUT2D eigenvalue weighted by Crippen LogP contribution is 2.22. The van der Waals surface area contributed by atoms with E-state index in [1.807, 2.05) is 0 Å². The minimum Gasteiger partial charge on any atom is -0.471 e. The van der Waals surface area contributed by atoms with Gasteiger partial charge in [-0.25, -0.2) is 0 Å². The third-order valence-electron chi connectivity index (χ3n) is 2.48. The van der Waals surface area contributed by atoms with Gasteiger partial charge >= 0.3 is 0 Å². The fourth-order valence-corrected chi connectivity index (χ4v) is 1.55. The van der Waals surface area contributed by atoms with Crippen molar-refractivity contribution in [3.8, 4) is 0 Å². The van der Waals surface area contributed by atoms with Gasteiger partial charge in [0.2, 0.25) is 0 Å². The summed E-state index contributed by atoms with van der Waals surface area (Å²) < 4.78 is 5.40. The van der Waals surface area contributed by atoms with E-state index < -0.39 is 0 Å². The Morgan fingerprint density at radius 2 is 2.15 bits per heavy atom. The van der Waals surface area contributed by atoms with Crippen LogP contribution >= 0.6 is 0 Å². The van der Waals surface area contributed by atoms with Gasteiger partial charge in [0, 0.05) is 0 Å². The molecule has 1 aliphatic heterocycles. The second-order valence-corrected chi connectivity index (χ2v) is 3.78. The molecule has 0 aromatic heterocycles. The molecule has 2 heteroatoms. The Hall–Kier alpha value is -1.18. The number of rotatable bonds is 1. The van der Waals surface area contributed by atoms with Gasteiger partial charge in [0.25, 0.3) is 0 Å². The Morgan fingerprint density at radius 3 is 2.92 bits per heavy atom. The Bertz CT molecular complexity index is 262. The summed E-state index contributed by atoms with van der Waals surface area (Å²) >= 11 is 0. The predicted molar refractivity (Wildman–Crippen MR) is 52.7 cm³/mol. The van der Waals surface area contributed by atoms with Crippen molar-refractivity contribution in [3.05, 3.63) is 35.8 Å². The van der Waals surface area contributed by atoms with E-state index in [0.717, 1.165) is 11.5 Å². The van der Waals surface area contributed by atoms with Crippen molar-refractivity contribution in [2.75, 3.05) is 6.73 Å².